The topological polar surface area (TPSA) is 178 Å². The van der Waals surface area contributed by atoms with Crippen LogP contribution in [0.2, 0.25) is 0 Å². The van der Waals surface area contributed by atoms with Gasteiger partial charge >= 0.3 is 12.2 Å². The van der Waals surface area contributed by atoms with Gasteiger partial charge in [-0.2, -0.15) is 9.78 Å². The van der Waals surface area contributed by atoms with Crippen molar-refractivity contribution in [2.75, 3.05) is 11.9 Å². The van der Waals surface area contributed by atoms with E-state index in [4.69, 9.17) is 9.47 Å². The van der Waals surface area contributed by atoms with E-state index in [-0.39, 0.29) is 41.7 Å². The van der Waals surface area contributed by atoms with Crippen LogP contribution >= 0.6 is 0 Å². The number of ether oxygens (including phenoxy) is 2. The Kier molecular flexibility index (Phi) is 12.1. The summed E-state index contributed by atoms with van der Waals surface area (Å²) in [6, 6.07) is 17.3. The molecule has 0 unspecified atom stereocenters. The molecule has 1 fully saturated rings. The summed E-state index contributed by atoms with van der Waals surface area (Å²) < 4.78 is 13.8. The molecule has 6 rings (SSSR count). The fourth-order valence-corrected chi connectivity index (χ4v) is 7.34. The van der Waals surface area contributed by atoms with Crippen LogP contribution in [0, 0.1) is 11.8 Å². The van der Waals surface area contributed by atoms with E-state index < -0.39 is 29.4 Å². The number of nitrogens with zero attached hydrogens (tertiary/aromatic N) is 3. The predicted octanol–water partition coefficient (Wildman–Crippen LogP) is 7.71. The zero-order chi connectivity index (χ0) is 41.9. The molecule has 1 saturated carbocycles. The number of rotatable bonds is 10. The Hall–Kier alpha value is -5.92. The number of carbonyl (C=O) groups is 4. The van der Waals surface area contributed by atoms with E-state index in [1.807, 2.05) is 77.1 Å². The van der Waals surface area contributed by atoms with Crippen LogP contribution in [0.4, 0.5) is 15.3 Å². The number of H-pyrrole nitrogens is 1. The molecule has 308 valence electrons. The summed E-state index contributed by atoms with van der Waals surface area (Å²) in [6.07, 6.45) is 3.64. The highest BCUT2D eigenvalue weighted by atomic mass is 16.6. The maximum atomic E-state index is 13.9. The first kappa shape index (κ1) is 41.7. The average molecular weight is 794 g/mol. The second kappa shape index (κ2) is 16.9. The van der Waals surface area contributed by atoms with Crippen LogP contribution in [-0.4, -0.2) is 67.4 Å². The largest absolute Gasteiger partial charge is 0.444 e. The Morgan fingerprint density at radius 2 is 1.53 bits per heavy atom. The predicted molar refractivity (Wildman–Crippen MR) is 224 cm³/mol. The molecule has 0 aliphatic heterocycles. The fraction of sp³-hybridized carbons (Fsp3) is 0.455. The summed E-state index contributed by atoms with van der Waals surface area (Å²) in [6.45, 7) is 15.0. The maximum Gasteiger partial charge on any atom is 0.434 e. The van der Waals surface area contributed by atoms with Gasteiger partial charge in [-0.15, -0.1) is 0 Å². The van der Waals surface area contributed by atoms with Gasteiger partial charge in [-0.25, -0.2) is 14.3 Å². The molecule has 14 nitrogen and oxygen atoms in total. The van der Waals surface area contributed by atoms with Crippen LogP contribution in [-0.2, 0) is 25.5 Å². The van der Waals surface area contributed by atoms with E-state index in [9.17, 15) is 24.0 Å². The van der Waals surface area contributed by atoms with Crippen molar-refractivity contribution in [3.8, 4) is 11.1 Å². The first-order chi connectivity index (χ1) is 27.3. The Labute approximate surface area is 338 Å². The Bertz CT molecular complexity index is 2350. The molecule has 14 heteroatoms. The highest BCUT2D eigenvalue weighted by molar-refractivity contribution is 5.99. The molecule has 5 aromatic rings. The molecule has 0 radical (unpaired) electrons. The van der Waals surface area contributed by atoms with Gasteiger partial charge in [0.25, 0.3) is 5.56 Å². The SMILES string of the molecule is CC(C)n1c(=O)c2ccc(-c3ccc(C[C@H](NC(=O)C4CCC(CNC(=O)OC(C)(C)C)CC4)C(=O)Nc4ccc5cn[nH]c5c4)cc3)cc2n1C(=O)OC(C)(C)C. The Balaban J connectivity index is 1.19. The number of aromatic nitrogens is 4. The lowest BCUT2D eigenvalue weighted by molar-refractivity contribution is -0.130. The molecule has 0 saturated heterocycles. The minimum Gasteiger partial charge on any atom is -0.444 e. The molecule has 2 heterocycles. The van der Waals surface area contributed by atoms with E-state index in [0.29, 0.717) is 36.0 Å². The van der Waals surface area contributed by atoms with Crippen LogP contribution in [0.5, 0.6) is 0 Å². The number of fused-ring (bicyclic) bond motifs is 2. The van der Waals surface area contributed by atoms with Gasteiger partial charge in [0.05, 0.1) is 22.6 Å². The maximum absolute atomic E-state index is 13.9. The lowest BCUT2D eigenvalue weighted by Crippen LogP contribution is -2.48. The Morgan fingerprint density at radius 1 is 0.862 bits per heavy atom. The van der Waals surface area contributed by atoms with Gasteiger partial charge in [0.1, 0.15) is 17.2 Å². The van der Waals surface area contributed by atoms with Crippen LogP contribution in [0.25, 0.3) is 32.9 Å². The summed E-state index contributed by atoms with van der Waals surface area (Å²) in [5.41, 5.74) is 2.60. The fourth-order valence-electron chi connectivity index (χ4n) is 7.34. The van der Waals surface area contributed by atoms with E-state index in [1.165, 1.54) is 9.36 Å². The molecule has 3 amide bonds. The summed E-state index contributed by atoms with van der Waals surface area (Å²) in [4.78, 5) is 66.6. The quantitative estimate of drug-likeness (QED) is 0.111. The van der Waals surface area contributed by atoms with Crippen molar-refractivity contribution in [1.29, 1.82) is 0 Å². The number of amides is 3. The zero-order valence-electron chi connectivity index (χ0n) is 34.6. The smallest absolute Gasteiger partial charge is 0.434 e. The van der Waals surface area contributed by atoms with Gasteiger partial charge in [-0.3, -0.25) is 19.5 Å². The van der Waals surface area contributed by atoms with Gasteiger partial charge in [-0.05, 0) is 134 Å². The number of anilines is 1. The first-order valence-corrected chi connectivity index (χ1v) is 20.0. The highest BCUT2D eigenvalue weighted by Crippen LogP contribution is 2.30. The molecule has 4 N–H and O–H groups in total. The van der Waals surface area contributed by atoms with Crippen molar-refractivity contribution < 1.29 is 28.7 Å². The van der Waals surface area contributed by atoms with E-state index in [2.05, 4.69) is 26.1 Å². The van der Waals surface area contributed by atoms with Gasteiger partial charge in [-0.1, -0.05) is 30.3 Å². The number of nitrogens with one attached hydrogen (secondary N) is 4. The number of alkyl carbamates (subject to hydrolysis) is 1. The van der Waals surface area contributed by atoms with E-state index in [0.717, 1.165) is 40.4 Å². The van der Waals surface area contributed by atoms with Gasteiger partial charge in [0, 0.05) is 36.0 Å². The molecule has 58 heavy (non-hydrogen) atoms. The monoisotopic (exact) mass is 793 g/mol. The summed E-state index contributed by atoms with van der Waals surface area (Å²) in [7, 11) is 0. The van der Waals surface area contributed by atoms with Gasteiger partial charge in [0.15, 0.2) is 0 Å². The highest BCUT2D eigenvalue weighted by Gasteiger charge is 2.31. The lowest BCUT2D eigenvalue weighted by Gasteiger charge is -2.29. The standard InChI is InChI=1S/C44H55N7O7/c1-26(2)50-40(54)34-20-18-31(22-37(34)51(50)42(56)58-44(6,7)8)29-13-9-27(10-14-29)21-36(39(53)47-33-19-17-32-25-46-49-35(32)23-33)48-38(52)30-15-11-28(12-16-30)24-45-41(55)57-43(3,4)5/h9-10,13-14,17-20,22-23,25-26,28,30,36H,11-12,15-16,21,24H2,1-8H3,(H,45,55)(H,46,49)(H,47,53)(H,48,52)/t28?,30?,36-/m0/s1. The molecule has 1 atom stereocenters. The van der Waals surface area contributed by atoms with Crippen LogP contribution in [0.15, 0.2) is 71.7 Å². The third-order valence-electron chi connectivity index (χ3n) is 10.2. The molecule has 3 aromatic carbocycles. The van der Waals surface area contributed by atoms with E-state index >= 15 is 0 Å². The zero-order valence-corrected chi connectivity index (χ0v) is 34.6. The first-order valence-electron chi connectivity index (χ1n) is 20.0. The summed E-state index contributed by atoms with van der Waals surface area (Å²) >= 11 is 0. The second-order valence-electron chi connectivity index (χ2n) is 17.5. The number of aromatic amines is 1. The molecule has 0 bridgehead atoms. The second-order valence-corrected chi connectivity index (χ2v) is 17.5. The van der Waals surface area contributed by atoms with Crippen molar-refractivity contribution in [2.24, 2.45) is 11.8 Å². The van der Waals surface area contributed by atoms with Crippen LogP contribution in [0.1, 0.15) is 92.7 Å². The molecular weight excluding hydrogens is 739 g/mol. The van der Waals surface area contributed by atoms with Crippen molar-refractivity contribution >= 4 is 51.5 Å². The summed E-state index contributed by atoms with van der Waals surface area (Å²) in [5, 5.41) is 17.2. The number of hydrogen-bond acceptors (Lipinski definition) is 8. The molecule has 2 aromatic heterocycles. The number of carbonyl (C=O) groups excluding carboxylic acids is 4. The third-order valence-corrected chi connectivity index (χ3v) is 10.2. The van der Waals surface area contributed by atoms with Crippen LogP contribution in [0.3, 0.4) is 0 Å². The van der Waals surface area contributed by atoms with Crippen molar-refractivity contribution in [2.45, 2.75) is 111 Å². The van der Waals surface area contributed by atoms with Crippen molar-refractivity contribution in [3.05, 3.63) is 82.8 Å². The normalized spacial score (nSPS) is 16.6. The average Bonchev–Trinajstić information content (AvgIpc) is 3.74. The molecule has 0 spiro atoms. The van der Waals surface area contributed by atoms with E-state index in [1.54, 1.807) is 45.2 Å². The van der Waals surface area contributed by atoms with Gasteiger partial charge in [0.2, 0.25) is 11.8 Å². The molecule has 1 aliphatic rings. The minimum atomic E-state index is -0.877. The number of benzene rings is 3. The minimum absolute atomic E-state index is 0.183. The molecular formula is C44H55N7O7. The Morgan fingerprint density at radius 3 is 2.19 bits per heavy atom. The van der Waals surface area contributed by atoms with Crippen molar-refractivity contribution in [1.82, 2.24) is 30.2 Å². The third kappa shape index (κ3) is 10.1. The summed E-state index contributed by atoms with van der Waals surface area (Å²) in [5.74, 6) is -0.577. The van der Waals surface area contributed by atoms with Crippen molar-refractivity contribution in [3.63, 3.8) is 0 Å². The van der Waals surface area contributed by atoms with Gasteiger partial charge < -0.3 is 25.4 Å². The lowest BCUT2D eigenvalue weighted by atomic mass is 9.81. The molecule has 1 aliphatic carbocycles. The number of hydrogen-bond donors (Lipinski definition) is 4. The van der Waals surface area contributed by atoms with Crippen LogP contribution < -0.4 is 21.5 Å².